The average Bonchev–Trinajstić information content (AvgIpc) is 2.91. The largest absolute Gasteiger partial charge is 0.450 e. The molecule has 2 aliphatic heterocycles. The second-order valence-corrected chi connectivity index (χ2v) is 6.02. The maximum Gasteiger partial charge on any atom is 0.410 e. The second-order valence-electron chi connectivity index (χ2n) is 4.96. The Labute approximate surface area is 120 Å². The van der Waals surface area contributed by atoms with Gasteiger partial charge >= 0.3 is 6.09 Å². The molecule has 1 amide bonds. The van der Waals surface area contributed by atoms with E-state index in [-0.39, 0.29) is 28.9 Å². The van der Waals surface area contributed by atoms with E-state index in [1.54, 1.807) is 11.8 Å². The number of benzene rings is 1. The van der Waals surface area contributed by atoms with Crippen molar-refractivity contribution in [3.05, 3.63) is 35.9 Å². The summed E-state index contributed by atoms with van der Waals surface area (Å²) in [6.07, 6.45) is -0.816. The van der Waals surface area contributed by atoms with E-state index in [9.17, 15) is 9.90 Å². The Kier molecular flexibility index (Phi) is 3.27. The van der Waals surface area contributed by atoms with Gasteiger partial charge in [0.05, 0.1) is 24.8 Å². The highest BCUT2D eigenvalue weighted by Crippen LogP contribution is 2.56. The van der Waals surface area contributed by atoms with Crippen LogP contribution in [0.25, 0.3) is 0 Å². The van der Waals surface area contributed by atoms with Crippen LogP contribution in [0.15, 0.2) is 30.3 Å². The van der Waals surface area contributed by atoms with Gasteiger partial charge in [-0.3, -0.25) is 4.90 Å². The van der Waals surface area contributed by atoms with Crippen LogP contribution in [-0.2, 0) is 4.74 Å². The van der Waals surface area contributed by atoms with Crippen molar-refractivity contribution in [3.63, 3.8) is 0 Å². The lowest BCUT2D eigenvalue weighted by atomic mass is 9.78. The molecule has 5 heteroatoms. The van der Waals surface area contributed by atoms with E-state index in [1.165, 1.54) is 0 Å². The molecule has 102 valence electrons. The van der Waals surface area contributed by atoms with Gasteiger partial charge in [0, 0.05) is 10.7 Å². The molecule has 3 aliphatic rings. The quantitative estimate of drug-likeness (QED) is 0.849. The molecule has 0 radical (unpaired) electrons. The topological polar surface area (TPSA) is 49.8 Å². The van der Waals surface area contributed by atoms with Crippen LogP contribution in [0.2, 0.25) is 0 Å². The number of alkyl halides is 1. The normalized spacial score (nSPS) is 35.9. The van der Waals surface area contributed by atoms with Gasteiger partial charge in [0.25, 0.3) is 0 Å². The Morgan fingerprint density at radius 1 is 1.42 bits per heavy atom. The third-order valence-corrected chi connectivity index (χ3v) is 5.20. The van der Waals surface area contributed by atoms with Crippen LogP contribution < -0.4 is 0 Å². The summed E-state index contributed by atoms with van der Waals surface area (Å²) < 4.78 is 5.13. The molecule has 2 bridgehead atoms. The molecule has 2 heterocycles. The summed E-state index contributed by atoms with van der Waals surface area (Å²) in [5.74, 6) is 0.0387. The minimum absolute atomic E-state index is 0.0387. The van der Waals surface area contributed by atoms with Crippen molar-refractivity contribution in [1.82, 2.24) is 4.90 Å². The van der Waals surface area contributed by atoms with Gasteiger partial charge in [-0.05, 0) is 12.5 Å². The first-order valence-electron chi connectivity index (χ1n) is 6.49. The summed E-state index contributed by atoms with van der Waals surface area (Å²) in [4.78, 5) is 14.0. The van der Waals surface area contributed by atoms with E-state index in [0.29, 0.717) is 6.61 Å². The minimum atomic E-state index is -0.473. The van der Waals surface area contributed by atoms with Crippen LogP contribution in [0.5, 0.6) is 0 Å². The number of carbonyl (C=O) groups excluding carboxylic acids is 1. The van der Waals surface area contributed by atoms with E-state index >= 15 is 0 Å². The van der Waals surface area contributed by atoms with Crippen molar-refractivity contribution < 1.29 is 14.6 Å². The zero-order chi connectivity index (χ0) is 13.6. The maximum absolute atomic E-state index is 12.1. The van der Waals surface area contributed by atoms with Gasteiger partial charge < -0.3 is 9.84 Å². The molecule has 4 nitrogen and oxygen atoms in total. The van der Waals surface area contributed by atoms with Gasteiger partial charge in [0.15, 0.2) is 0 Å². The smallest absolute Gasteiger partial charge is 0.410 e. The van der Waals surface area contributed by atoms with Crippen LogP contribution in [0.3, 0.4) is 0 Å². The number of halogens is 1. The molecule has 1 aliphatic carbocycles. The Hall–Kier alpha value is -1.07. The van der Waals surface area contributed by atoms with Gasteiger partial charge in [0.2, 0.25) is 0 Å². The third kappa shape index (κ3) is 1.79. The van der Waals surface area contributed by atoms with Crippen molar-refractivity contribution in [2.24, 2.45) is 5.92 Å². The summed E-state index contributed by atoms with van der Waals surface area (Å²) in [5.41, 5.74) is 1.05. The summed E-state index contributed by atoms with van der Waals surface area (Å²) in [6, 6.07) is 9.53. The monoisotopic (exact) mass is 325 g/mol. The number of amides is 1. The number of fused-ring (bicyclic) bond motifs is 1. The lowest BCUT2D eigenvalue weighted by Crippen LogP contribution is -2.54. The minimum Gasteiger partial charge on any atom is -0.450 e. The molecule has 5 atom stereocenters. The fraction of sp³-hybridized carbons (Fsp3) is 0.500. The summed E-state index contributed by atoms with van der Waals surface area (Å²) in [5, 5.41) is 10.2. The molecule has 19 heavy (non-hydrogen) atoms. The standard InChI is InChI=1S/C14H16BrNO3/c1-2-19-14(18)16-11(8-6-4-3-5-7-8)9-10(15)12(16)13(9)17/h3-7,9-13,17H,2H2,1H3/t9-,10+,11+,12-,13-/m0/s1. The van der Waals surface area contributed by atoms with Gasteiger partial charge in [-0.25, -0.2) is 4.79 Å². The van der Waals surface area contributed by atoms with Crippen molar-refractivity contribution >= 4 is 22.0 Å². The highest BCUT2D eigenvalue weighted by atomic mass is 79.9. The van der Waals surface area contributed by atoms with Crippen LogP contribution >= 0.6 is 15.9 Å². The highest BCUT2D eigenvalue weighted by molar-refractivity contribution is 9.09. The van der Waals surface area contributed by atoms with Crippen LogP contribution in [-0.4, -0.2) is 39.7 Å². The lowest BCUT2D eigenvalue weighted by Gasteiger charge is -2.37. The number of ether oxygens (including phenoxy) is 1. The molecule has 3 fully saturated rings. The fourth-order valence-corrected chi connectivity index (χ4v) is 4.37. The Morgan fingerprint density at radius 3 is 2.68 bits per heavy atom. The molecule has 0 unspecified atom stereocenters. The molecule has 1 N–H and O–H groups in total. The van der Waals surface area contributed by atoms with E-state index in [4.69, 9.17) is 4.74 Å². The predicted molar refractivity (Wildman–Crippen MR) is 74.0 cm³/mol. The van der Waals surface area contributed by atoms with E-state index in [1.807, 2.05) is 30.3 Å². The summed E-state index contributed by atoms with van der Waals surface area (Å²) in [7, 11) is 0. The number of nitrogens with zero attached hydrogens (tertiary/aromatic N) is 1. The molecule has 1 aromatic carbocycles. The summed E-state index contributed by atoms with van der Waals surface area (Å²) in [6.45, 7) is 2.13. The molecule has 0 aromatic heterocycles. The molecule has 1 aromatic rings. The molecule has 1 saturated carbocycles. The number of aliphatic hydroxyl groups is 1. The van der Waals surface area contributed by atoms with Crippen molar-refractivity contribution in [2.75, 3.05) is 6.61 Å². The highest BCUT2D eigenvalue weighted by Gasteiger charge is 2.66. The molecule has 4 rings (SSSR count). The number of hydrogen-bond acceptors (Lipinski definition) is 3. The molecular formula is C14H16BrNO3. The zero-order valence-corrected chi connectivity index (χ0v) is 12.2. The van der Waals surface area contributed by atoms with Crippen molar-refractivity contribution in [2.45, 2.75) is 29.9 Å². The third-order valence-electron chi connectivity index (χ3n) is 4.04. The van der Waals surface area contributed by atoms with Gasteiger partial charge in [-0.2, -0.15) is 0 Å². The zero-order valence-electron chi connectivity index (χ0n) is 10.6. The summed E-state index contributed by atoms with van der Waals surface area (Å²) >= 11 is 3.58. The fourth-order valence-electron chi connectivity index (χ4n) is 3.20. The molecule has 0 spiro atoms. The van der Waals surface area contributed by atoms with Crippen molar-refractivity contribution in [1.29, 1.82) is 0 Å². The van der Waals surface area contributed by atoms with E-state index in [0.717, 1.165) is 5.56 Å². The van der Waals surface area contributed by atoms with Gasteiger partial charge in [-0.15, -0.1) is 0 Å². The number of hydrogen-bond donors (Lipinski definition) is 1. The Balaban J connectivity index is 1.94. The number of rotatable bonds is 2. The molecule has 2 saturated heterocycles. The lowest BCUT2D eigenvalue weighted by molar-refractivity contribution is 0.0270. The first-order valence-corrected chi connectivity index (χ1v) is 7.40. The maximum atomic E-state index is 12.1. The number of aliphatic hydroxyl groups excluding tert-OH is 1. The first kappa shape index (κ1) is 12.9. The predicted octanol–water partition coefficient (Wildman–Crippen LogP) is 2.32. The first-order chi connectivity index (χ1) is 9.16. The van der Waals surface area contributed by atoms with Crippen LogP contribution in [0, 0.1) is 5.92 Å². The SMILES string of the molecule is CCOC(=O)N1[C@@H]2[C@@H](O)[C@@H]([C@H]2Br)[C@H]1c1ccccc1. The number of carbonyl (C=O) groups is 1. The Morgan fingerprint density at radius 2 is 2.11 bits per heavy atom. The second kappa shape index (κ2) is 4.80. The van der Waals surface area contributed by atoms with Crippen molar-refractivity contribution in [3.8, 4) is 0 Å². The molecular weight excluding hydrogens is 310 g/mol. The Bertz CT molecular complexity index is 471. The van der Waals surface area contributed by atoms with E-state index < -0.39 is 6.10 Å². The van der Waals surface area contributed by atoms with Gasteiger partial charge in [-0.1, -0.05) is 46.3 Å². The average molecular weight is 326 g/mol. The van der Waals surface area contributed by atoms with Gasteiger partial charge in [0.1, 0.15) is 0 Å². The van der Waals surface area contributed by atoms with Crippen LogP contribution in [0.4, 0.5) is 4.79 Å². The van der Waals surface area contributed by atoms with E-state index in [2.05, 4.69) is 15.9 Å². The van der Waals surface area contributed by atoms with Crippen LogP contribution in [0.1, 0.15) is 18.5 Å².